The zero-order chi connectivity index (χ0) is 14.3. The quantitative estimate of drug-likeness (QED) is 0.726. The minimum Gasteiger partial charge on any atom is -0.350 e. The predicted octanol–water partition coefficient (Wildman–Crippen LogP) is 1.37. The summed E-state index contributed by atoms with van der Waals surface area (Å²) in [5.74, 6) is -0.156. The van der Waals surface area contributed by atoms with Crippen LogP contribution in [0.1, 0.15) is 30.6 Å². The van der Waals surface area contributed by atoms with Gasteiger partial charge in [-0.05, 0) is 45.2 Å². The van der Waals surface area contributed by atoms with Gasteiger partial charge in [0.1, 0.15) is 0 Å². The molecule has 1 aromatic rings. The number of hydrogen-bond donors (Lipinski definition) is 3. The van der Waals surface area contributed by atoms with E-state index >= 15 is 0 Å². The van der Waals surface area contributed by atoms with Gasteiger partial charge in [-0.1, -0.05) is 0 Å². The zero-order valence-electron chi connectivity index (χ0n) is 11.6. The van der Waals surface area contributed by atoms with Crippen LogP contribution in [-0.2, 0) is 4.79 Å². The Morgan fingerprint density at radius 3 is 2.32 bits per heavy atom. The third kappa shape index (κ3) is 5.52. The van der Waals surface area contributed by atoms with Gasteiger partial charge in [0.05, 0.1) is 0 Å². The first kappa shape index (κ1) is 15.2. The summed E-state index contributed by atoms with van der Waals surface area (Å²) in [6, 6.07) is 6.96. The molecule has 0 aromatic heterocycles. The normalized spacial score (nSPS) is 10.3. The number of nitrogens with one attached hydrogen (secondary N) is 3. The number of benzene rings is 1. The molecule has 0 aliphatic rings. The molecule has 2 amide bonds. The Morgan fingerprint density at radius 2 is 1.79 bits per heavy atom. The maximum atomic E-state index is 11.7. The second-order valence-corrected chi connectivity index (χ2v) is 4.61. The van der Waals surface area contributed by atoms with Crippen LogP contribution in [0.25, 0.3) is 0 Å². The van der Waals surface area contributed by atoms with Gasteiger partial charge in [0.15, 0.2) is 0 Å². The molecule has 0 aliphatic heterocycles. The van der Waals surface area contributed by atoms with Crippen molar-refractivity contribution in [1.82, 2.24) is 10.6 Å². The fourth-order valence-corrected chi connectivity index (χ4v) is 1.51. The molecule has 0 saturated carbocycles. The van der Waals surface area contributed by atoms with Gasteiger partial charge in [-0.15, -0.1) is 0 Å². The molecule has 0 saturated heterocycles. The Morgan fingerprint density at radius 1 is 1.16 bits per heavy atom. The molecule has 1 rings (SSSR count). The van der Waals surface area contributed by atoms with Crippen molar-refractivity contribution in [3.63, 3.8) is 0 Å². The lowest BCUT2D eigenvalue weighted by atomic mass is 10.2. The second kappa shape index (κ2) is 7.53. The molecular formula is C14H21N3O2. The largest absolute Gasteiger partial charge is 0.350 e. The lowest BCUT2D eigenvalue weighted by Crippen LogP contribution is -2.30. The van der Waals surface area contributed by atoms with Crippen LogP contribution in [0, 0.1) is 0 Å². The SMILES string of the molecule is CNCCC(=O)Nc1ccc(C(=O)NC(C)C)cc1. The van der Waals surface area contributed by atoms with Crippen LogP contribution in [0.5, 0.6) is 0 Å². The van der Waals surface area contributed by atoms with E-state index in [4.69, 9.17) is 0 Å². The van der Waals surface area contributed by atoms with Crippen LogP contribution in [0.3, 0.4) is 0 Å². The molecule has 0 unspecified atom stereocenters. The standard InChI is InChI=1S/C14H21N3O2/c1-10(2)16-14(19)11-4-6-12(7-5-11)17-13(18)8-9-15-3/h4-7,10,15H,8-9H2,1-3H3,(H,16,19)(H,17,18). The highest BCUT2D eigenvalue weighted by molar-refractivity contribution is 5.95. The average molecular weight is 263 g/mol. The van der Waals surface area contributed by atoms with Gasteiger partial charge in [0.25, 0.3) is 5.91 Å². The van der Waals surface area contributed by atoms with Crippen LogP contribution < -0.4 is 16.0 Å². The lowest BCUT2D eigenvalue weighted by Gasteiger charge is -2.09. The van der Waals surface area contributed by atoms with Gasteiger partial charge in [-0.3, -0.25) is 9.59 Å². The number of amides is 2. The third-order valence-corrected chi connectivity index (χ3v) is 2.45. The predicted molar refractivity (Wildman–Crippen MR) is 76.2 cm³/mol. The van der Waals surface area contributed by atoms with Crippen LogP contribution in [0.15, 0.2) is 24.3 Å². The van der Waals surface area contributed by atoms with E-state index in [1.807, 2.05) is 13.8 Å². The molecule has 5 nitrogen and oxygen atoms in total. The number of rotatable bonds is 6. The summed E-state index contributed by atoms with van der Waals surface area (Å²) in [7, 11) is 1.80. The van der Waals surface area contributed by atoms with E-state index < -0.39 is 0 Å². The Balaban J connectivity index is 2.56. The van der Waals surface area contributed by atoms with Crippen LogP contribution in [-0.4, -0.2) is 31.4 Å². The number of hydrogen-bond acceptors (Lipinski definition) is 3. The molecule has 0 atom stereocenters. The first-order valence-corrected chi connectivity index (χ1v) is 6.38. The van der Waals surface area contributed by atoms with E-state index in [9.17, 15) is 9.59 Å². The summed E-state index contributed by atoms with van der Waals surface area (Å²) in [6.07, 6.45) is 0.423. The maximum absolute atomic E-state index is 11.7. The summed E-state index contributed by atoms with van der Waals surface area (Å²) in [6.45, 7) is 4.46. The van der Waals surface area contributed by atoms with E-state index in [0.717, 1.165) is 0 Å². The van der Waals surface area contributed by atoms with Crippen LogP contribution in [0.2, 0.25) is 0 Å². The summed E-state index contributed by atoms with van der Waals surface area (Å²) < 4.78 is 0. The van der Waals surface area contributed by atoms with Crippen LogP contribution in [0.4, 0.5) is 5.69 Å². The molecule has 0 heterocycles. The molecule has 1 aromatic carbocycles. The highest BCUT2D eigenvalue weighted by Crippen LogP contribution is 2.10. The first-order chi connectivity index (χ1) is 9.02. The van der Waals surface area contributed by atoms with Crippen molar-refractivity contribution in [3.05, 3.63) is 29.8 Å². The monoisotopic (exact) mass is 263 g/mol. The van der Waals surface area contributed by atoms with E-state index in [2.05, 4.69) is 16.0 Å². The van der Waals surface area contributed by atoms with E-state index in [1.54, 1.807) is 31.3 Å². The maximum Gasteiger partial charge on any atom is 0.251 e. The van der Waals surface area contributed by atoms with Gasteiger partial charge >= 0.3 is 0 Å². The number of carbonyl (C=O) groups is 2. The first-order valence-electron chi connectivity index (χ1n) is 6.38. The van der Waals surface area contributed by atoms with E-state index in [-0.39, 0.29) is 17.9 Å². The molecule has 0 radical (unpaired) electrons. The van der Waals surface area contributed by atoms with Crippen molar-refractivity contribution in [3.8, 4) is 0 Å². The zero-order valence-corrected chi connectivity index (χ0v) is 11.6. The minimum absolute atomic E-state index is 0.0475. The summed E-state index contributed by atoms with van der Waals surface area (Å²) in [4.78, 5) is 23.2. The van der Waals surface area contributed by atoms with Gasteiger partial charge in [-0.2, -0.15) is 0 Å². The van der Waals surface area contributed by atoms with Crippen molar-refractivity contribution in [2.45, 2.75) is 26.3 Å². The molecule has 0 spiro atoms. The number of carbonyl (C=O) groups excluding carboxylic acids is 2. The highest BCUT2D eigenvalue weighted by Gasteiger charge is 2.07. The third-order valence-electron chi connectivity index (χ3n) is 2.45. The van der Waals surface area contributed by atoms with E-state index in [0.29, 0.717) is 24.2 Å². The summed E-state index contributed by atoms with van der Waals surface area (Å²) in [5, 5.41) is 8.50. The van der Waals surface area contributed by atoms with Gasteiger partial charge in [-0.25, -0.2) is 0 Å². The molecular weight excluding hydrogens is 242 g/mol. The fourth-order valence-electron chi connectivity index (χ4n) is 1.51. The summed E-state index contributed by atoms with van der Waals surface area (Å²) >= 11 is 0. The minimum atomic E-state index is -0.108. The Hall–Kier alpha value is -1.88. The molecule has 5 heteroatoms. The van der Waals surface area contributed by atoms with Crippen molar-refractivity contribution in [1.29, 1.82) is 0 Å². The van der Waals surface area contributed by atoms with E-state index in [1.165, 1.54) is 0 Å². The molecule has 0 bridgehead atoms. The molecule has 0 aliphatic carbocycles. The topological polar surface area (TPSA) is 70.2 Å². The average Bonchev–Trinajstić information content (AvgIpc) is 2.36. The Labute approximate surface area is 113 Å². The molecule has 3 N–H and O–H groups in total. The number of anilines is 1. The Bertz CT molecular complexity index is 427. The van der Waals surface area contributed by atoms with Crippen molar-refractivity contribution in [2.75, 3.05) is 18.9 Å². The van der Waals surface area contributed by atoms with Gasteiger partial charge in [0.2, 0.25) is 5.91 Å². The fraction of sp³-hybridized carbons (Fsp3) is 0.429. The Kier molecular flexibility index (Phi) is 6.02. The van der Waals surface area contributed by atoms with Gasteiger partial charge in [0, 0.05) is 30.3 Å². The molecule has 104 valence electrons. The smallest absolute Gasteiger partial charge is 0.251 e. The van der Waals surface area contributed by atoms with Gasteiger partial charge < -0.3 is 16.0 Å². The lowest BCUT2D eigenvalue weighted by molar-refractivity contribution is -0.116. The van der Waals surface area contributed by atoms with Crippen molar-refractivity contribution in [2.24, 2.45) is 0 Å². The second-order valence-electron chi connectivity index (χ2n) is 4.61. The summed E-state index contributed by atoms with van der Waals surface area (Å²) in [5.41, 5.74) is 1.28. The molecule has 0 fully saturated rings. The van der Waals surface area contributed by atoms with Crippen molar-refractivity contribution >= 4 is 17.5 Å². The molecule has 19 heavy (non-hydrogen) atoms. The van der Waals surface area contributed by atoms with Crippen LogP contribution >= 0.6 is 0 Å². The highest BCUT2D eigenvalue weighted by atomic mass is 16.2. The van der Waals surface area contributed by atoms with Crippen molar-refractivity contribution < 1.29 is 9.59 Å².